The van der Waals surface area contributed by atoms with Crippen molar-refractivity contribution in [1.82, 2.24) is 10.1 Å². The Morgan fingerprint density at radius 3 is 2.47 bits per heavy atom. The summed E-state index contributed by atoms with van der Waals surface area (Å²) in [6.45, 7) is 2.50. The van der Waals surface area contributed by atoms with Crippen molar-refractivity contribution in [3.63, 3.8) is 0 Å². The van der Waals surface area contributed by atoms with E-state index in [1.54, 1.807) is 25.2 Å². The van der Waals surface area contributed by atoms with Crippen molar-refractivity contribution in [1.29, 1.82) is 0 Å². The van der Waals surface area contributed by atoms with E-state index in [0.29, 0.717) is 36.3 Å². The van der Waals surface area contributed by atoms with Gasteiger partial charge in [-0.05, 0) is 37.8 Å². The summed E-state index contributed by atoms with van der Waals surface area (Å²) in [5.74, 6) is 1.99. The molecule has 0 radical (unpaired) electrons. The van der Waals surface area contributed by atoms with Crippen LogP contribution in [0.1, 0.15) is 60.7 Å². The number of ether oxygens (including phenoxy) is 2. The Bertz CT molecular complexity index is 989. The molecule has 0 spiro atoms. The number of piperidine rings is 1. The first-order valence-corrected chi connectivity index (χ1v) is 11.5. The lowest BCUT2D eigenvalue weighted by Crippen LogP contribution is -2.40. The summed E-state index contributed by atoms with van der Waals surface area (Å²) in [7, 11) is 1.70. The van der Waals surface area contributed by atoms with Gasteiger partial charge in [-0.25, -0.2) is 0 Å². The molecule has 1 saturated carbocycles. The third-order valence-corrected chi connectivity index (χ3v) is 6.89. The fraction of sp³-hybridized carbons (Fsp3) is 0.542. The van der Waals surface area contributed by atoms with Crippen molar-refractivity contribution >= 4 is 17.5 Å². The maximum atomic E-state index is 13.0. The predicted molar refractivity (Wildman–Crippen MR) is 117 cm³/mol. The zero-order chi connectivity index (χ0) is 22.1. The van der Waals surface area contributed by atoms with Gasteiger partial charge in [0.15, 0.2) is 11.5 Å². The Morgan fingerprint density at radius 2 is 1.72 bits per heavy atom. The van der Waals surface area contributed by atoms with Crippen LogP contribution in [0.15, 0.2) is 28.8 Å². The number of amides is 2. The quantitative estimate of drug-likeness (QED) is 0.723. The maximum Gasteiger partial charge on any atom is 0.296 e. The van der Waals surface area contributed by atoms with E-state index >= 15 is 0 Å². The predicted octanol–water partition coefficient (Wildman–Crippen LogP) is 3.62. The Balaban J connectivity index is 1.21. The summed E-state index contributed by atoms with van der Waals surface area (Å²) >= 11 is 0. The molecule has 0 unspecified atom stereocenters. The van der Waals surface area contributed by atoms with Crippen LogP contribution in [0.2, 0.25) is 0 Å². The average Bonchev–Trinajstić information content (AvgIpc) is 3.55. The Labute approximate surface area is 187 Å². The van der Waals surface area contributed by atoms with Crippen molar-refractivity contribution in [2.75, 3.05) is 38.3 Å². The average molecular weight is 440 g/mol. The van der Waals surface area contributed by atoms with Gasteiger partial charge in [0.2, 0.25) is 11.7 Å². The van der Waals surface area contributed by atoms with Crippen molar-refractivity contribution < 1.29 is 23.6 Å². The van der Waals surface area contributed by atoms with E-state index in [2.05, 4.69) is 5.16 Å². The molecule has 8 nitrogen and oxygen atoms in total. The summed E-state index contributed by atoms with van der Waals surface area (Å²) in [5, 5.41) is 4.18. The van der Waals surface area contributed by atoms with Gasteiger partial charge < -0.3 is 23.8 Å². The number of hydrogen-bond donors (Lipinski definition) is 0. The van der Waals surface area contributed by atoms with Crippen LogP contribution in [0.5, 0.6) is 11.5 Å². The smallest absolute Gasteiger partial charge is 0.296 e. The van der Waals surface area contributed by atoms with Crippen LogP contribution < -0.4 is 14.4 Å². The van der Waals surface area contributed by atoms with Gasteiger partial charge in [-0.3, -0.25) is 9.59 Å². The van der Waals surface area contributed by atoms with Crippen molar-refractivity contribution in [3.8, 4) is 11.5 Å². The minimum Gasteiger partial charge on any atom is -0.486 e. The van der Waals surface area contributed by atoms with Crippen molar-refractivity contribution in [2.45, 2.75) is 44.4 Å². The number of rotatable bonds is 4. The van der Waals surface area contributed by atoms with Gasteiger partial charge in [0.25, 0.3) is 5.91 Å². The third kappa shape index (κ3) is 4.06. The first-order valence-electron chi connectivity index (χ1n) is 11.5. The molecule has 5 rings (SSSR count). The lowest BCUT2D eigenvalue weighted by atomic mass is 9.92. The number of benzene rings is 1. The van der Waals surface area contributed by atoms with Crippen LogP contribution >= 0.6 is 0 Å². The van der Waals surface area contributed by atoms with Gasteiger partial charge >= 0.3 is 0 Å². The number of nitrogens with zero attached hydrogens (tertiary/aromatic N) is 3. The molecule has 2 aromatic rings. The van der Waals surface area contributed by atoms with Crippen molar-refractivity contribution in [2.24, 2.45) is 5.92 Å². The molecule has 3 heterocycles. The minimum absolute atomic E-state index is 0.201. The molecule has 0 atom stereocenters. The van der Waals surface area contributed by atoms with Crippen LogP contribution in [0.3, 0.4) is 0 Å². The Morgan fingerprint density at radius 1 is 1.00 bits per heavy atom. The molecule has 170 valence electrons. The minimum atomic E-state index is -0.269. The molecule has 1 aromatic carbocycles. The lowest BCUT2D eigenvalue weighted by molar-refractivity contribution is -0.136. The van der Waals surface area contributed by atoms with E-state index < -0.39 is 0 Å². The zero-order valence-electron chi connectivity index (χ0n) is 18.4. The van der Waals surface area contributed by atoms with Crippen LogP contribution in [0.25, 0.3) is 0 Å². The SMILES string of the molecule is CN(C(=O)c1cc(C2CCN(C(=O)C3CCCC3)CC2)no1)c1ccc2c(c1)OCCO2. The maximum absolute atomic E-state index is 13.0. The molecule has 0 bridgehead atoms. The topological polar surface area (TPSA) is 85.1 Å². The van der Waals surface area contributed by atoms with E-state index in [0.717, 1.165) is 44.5 Å². The standard InChI is InChI=1S/C24H29N3O5/c1-26(18-6-7-20-21(14-18)31-13-12-30-20)24(29)22-15-19(25-32-22)16-8-10-27(11-9-16)23(28)17-4-2-3-5-17/h6-7,14-17H,2-5,8-13H2,1H3. The highest BCUT2D eigenvalue weighted by Crippen LogP contribution is 2.35. The molecule has 1 aromatic heterocycles. The highest BCUT2D eigenvalue weighted by Gasteiger charge is 2.32. The van der Waals surface area contributed by atoms with Gasteiger partial charge in [-0.15, -0.1) is 0 Å². The monoisotopic (exact) mass is 439 g/mol. The molecule has 8 heteroatoms. The number of carbonyl (C=O) groups excluding carboxylic acids is 2. The highest BCUT2D eigenvalue weighted by atomic mass is 16.6. The Kier molecular flexibility index (Phi) is 5.76. The summed E-state index contributed by atoms with van der Waals surface area (Å²) in [6.07, 6.45) is 6.09. The molecular formula is C24H29N3O5. The first kappa shape index (κ1) is 20.8. The molecule has 2 amide bonds. The fourth-order valence-corrected chi connectivity index (χ4v) is 4.93. The van der Waals surface area contributed by atoms with E-state index in [1.807, 2.05) is 11.0 Å². The van der Waals surface area contributed by atoms with E-state index in [4.69, 9.17) is 14.0 Å². The van der Waals surface area contributed by atoms with Gasteiger partial charge in [0, 0.05) is 49.8 Å². The van der Waals surface area contributed by atoms with E-state index in [-0.39, 0.29) is 23.5 Å². The van der Waals surface area contributed by atoms with Gasteiger partial charge in [-0.1, -0.05) is 18.0 Å². The number of fused-ring (bicyclic) bond motifs is 1. The largest absolute Gasteiger partial charge is 0.486 e. The Hall–Kier alpha value is -3.03. The molecule has 2 fully saturated rings. The lowest BCUT2D eigenvalue weighted by Gasteiger charge is -2.32. The highest BCUT2D eigenvalue weighted by molar-refractivity contribution is 6.04. The first-order chi connectivity index (χ1) is 15.6. The molecule has 32 heavy (non-hydrogen) atoms. The normalized spacial score (nSPS) is 19.2. The number of anilines is 1. The molecule has 1 saturated heterocycles. The number of likely N-dealkylation sites (tertiary alicyclic amines) is 1. The van der Waals surface area contributed by atoms with E-state index in [1.165, 1.54) is 17.7 Å². The van der Waals surface area contributed by atoms with E-state index in [9.17, 15) is 9.59 Å². The summed E-state index contributed by atoms with van der Waals surface area (Å²) in [6, 6.07) is 7.16. The number of carbonyl (C=O) groups is 2. The number of aromatic nitrogens is 1. The third-order valence-electron chi connectivity index (χ3n) is 6.89. The zero-order valence-corrected chi connectivity index (χ0v) is 18.4. The summed E-state index contributed by atoms with van der Waals surface area (Å²) in [4.78, 5) is 29.2. The summed E-state index contributed by atoms with van der Waals surface area (Å²) < 4.78 is 16.6. The second-order valence-corrected chi connectivity index (χ2v) is 8.89. The molecule has 2 aliphatic heterocycles. The molecule has 3 aliphatic rings. The van der Waals surface area contributed by atoms with Crippen LogP contribution in [-0.2, 0) is 4.79 Å². The van der Waals surface area contributed by atoms with Crippen molar-refractivity contribution in [3.05, 3.63) is 35.7 Å². The number of hydrogen-bond acceptors (Lipinski definition) is 6. The second kappa shape index (κ2) is 8.84. The second-order valence-electron chi connectivity index (χ2n) is 8.89. The van der Waals surface area contributed by atoms with Gasteiger partial charge in [-0.2, -0.15) is 0 Å². The van der Waals surface area contributed by atoms with Crippen LogP contribution in [0.4, 0.5) is 5.69 Å². The van der Waals surface area contributed by atoms with Crippen LogP contribution in [-0.4, -0.2) is 55.2 Å². The van der Waals surface area contributed by atoms with Gasteiger partial charge in [0.1, 0.15) is 13.2 Å². The molecule has 1 aliphatic carbocycles. The molecular weight excluding hydrogens is 410 g/mol. The fourth-order valence-electron chi connectivity index (χ4n) is 4.93. The van der Waals surface area contributed by atoms with Crippen LogP contribution in [0, 0.1) is 5.92 Å². The van der Waals surface area contributed by atoms with Gasteiger partial charge in [0.05, 0.1) is 5.69 Å². The molecule has 0 N–H and O–H groups in total. The summed E-state index contributed by atoms with van der Waals surface area (Å²) in [5.41, 5.74) is 1.48.